The molecule has 1 atom stereocenters. The zero-order valence-corrected chi connectivity index (χ0v) is 23.1. The average molecular weight is 508 g/mol. The number of benzene rings is 4. The molecule has 4 aromatic rings. The van der Waals surface area contributed by atoms with Gasteiger partial charge in [0.15, 0.2) is 0 Å². The molecule has 3 nitrogen and oxygen atoms in total. The number of likely N-dealkylation sites (N-methyl/N-ethyl adjacent to an activating group) is 1. The molecule has 0 saturated heterocycles. The molecular weight excluding hydrogens is 466 g/mol. The maximum absolute atomic E-state index is 12.2. The number of aryl methyl sites for hydroxylation is 2. The van der Waals surface area contributed by atoms with Crippen molar-refractivity contribution in [3.63, 3.8) is 0 Å². The van der Waals surface area contributed by atoms with Crippen molar-refractivity contribution in [2.45, 2.75) is 45.6 Å². The summed E-state index contributed by atoms with van der Waals surface area (Å²) in [5.74, 6) is 0.835. The molecule has 3 heteroatoms. The van der Waals surface area contributed by atoms with E-state index in [0.29, 0.717) is 13.0 Å². The molecule has 4 rings (SSSR count). The van der Waals surface area contributed by atoms with Gasteiger partial charge in [-0.2, -0.15) is 0 Å². The molecule has 0 amide bonds. The van der Waals surface area contributed by atoms with Crippen LogP contribution in [0.4, 0.5) is 0 Å². The summed E-state index contributed by atoms with van der Waals surface area (Å²) in [7, 11) is 0. The summed E-state index contributed by atoms with van der Waals surface area (Å²) in [5.41, 5.74) is 5.61. The zero-order valence-electron chi connectivity index (χ0n) is 23.1. The molecule has 38 heavy (non-hydrogen) atoms. The maximum atomic E-state index is 12.2. The van der Waals surface area contributed by atoms with Gasteiger partial charge in [-0.1, -0.05) is 110 Å². The second-order valence-corrected chi connectivity index (χ2v) is 10.0. The summed E-state index contributed by atoms with van der Waals surface area (Å²) in [4.78, 5) is 2.35. The Kier molecular flexibility index (Phi) is 9.75. The molecule has 1 unspecified atom stereocenters. The molecule has 0 aliphatic carbocycles. The molecule has 4 aromatic carbocycles. The third kappa shape index (κ3) is 7.12. The van der Waals surface area contributed by atoms with Crippen LogP contribution in [-0.4, -0.2) is 36.2 Å². The van der Waals surface area contributed by atoms with Gasteiger partial charge < -0.3 is 14.7 Å². The van der Waals surface area contributed by atoms with E-state index in [1.165, 1.54) is 16.7 Å². The molecule has 198 valence electrons. The zero-order chi connectivity index (χ0) is 26.8. The highest BCUT2D eigenvalue weighted by molar-refractivity contribution is 5.64. The summed E-state index contributed by atoms with van der Waals surface area (Å²) in [6, 6.07) is 35.4. The Bertz CT molecular complexity index is 1230. The molecule has 0 fully saturated rings. The van der Waals surface area contributed by atoms with E-state index in [1.807, 2.05) is 30.3 Å². The van der Waals surface area contributed by atoms with Crippen LogP contribution in [0.15, 0.2) is 103 Å². The van der Waals surface area contributed by atoms with Crippen LogP contribution in [0.2, 0.25) is 0 Å². The van der Waals surface area contributed by atoms with Gasteiger partial charge in [-0.05, 0) is 79.2 Å². The first kappa shape index (κ1) is 27.6. The van der Waals surface area contributed by atoms with Crippen molar-refractivity contribution in [2.75, 3.05) is 26.2 Å². The number of aliphatic hydroxyl groups is 1. The van der Waals surface area contributed by atoms with E-state index < -0.39 is 5.60 Å². The van der Waals surface area contributed by atoms with Gasteiger partial charge in [0.05, 0.1) is 0 Å². The minimum Gasteiger partial charge on any atom is -0.492 e. The molecule has 0 aliphatic rings. The Morgan fingerprint density at radius 1 is 0.711 bits per heavy atom. The van der Waals surface area contributed by atoms with Crippen LogP contribution in [0.1, 0.15) is 48.9 Å². The van der Waals surface area contributed by atoms with Crippen LogP contribution in [-0.2, 0) is 12.0 Å². The average Bonchev–Trinajstić information content (AvgIpc) is 2.97. The quantitative estimate of drug-likeness (QED) is 0.202. The summed E-state index contributed by atoms with van der Waals surface area (Å²) in [6.45, 7) is 10.1. The van der Waals surface area contributed by atoms with Crippen molar-refractivity contribution < 1.29 is 9.84 Å². The lowest BCUT2D eigenvalue weighted by molar-refractivity contribution is 0.0687. The number of ether oxygens (including phenoxy) is 1. The third-order valence-corrected chi connectivity index (χ3v) is 7.50. The normalized spacial score (nSPS) is 12.9. The van der Waals surface area contributed by atoms with Crippen LogP contribution < -0.4 is 4.74 Å². The van der Waals surface area contributed by atoms with Crippen LogP contribution in [0.5, 0.6) is 5.75 Å². The topological polar surface area (TPSA) is 32.7 Å². The van der Waals surface area contributed by atoms with Crippen molar-refractivity contribution in [1.82, 2.24) is 4.90 Å². The minimum absolute atomic E-state index is 0.633. The fourth-order valence-electron chi connectivity index (χ4n) is 4.99. The lowest BCUT2D eigenvalue weighted by Gasteiger charge is -2.30. The second-order valence-electron chi connectivity index (χ2n) is 10.0. The summed E-state index contributed by atoms with van der Waals surface area (Å²) in [6.07, 6.45) is 2.44. The fourth-order valence-corrected chi connectivity index (χ4v) is 4.99. The maximum Gasteiger partial charge on any atom is 0.119 e. The molecule has 0 bridgehead atoms. The lowest BCUT2D eigenvalue weighted by atomic mass is 9.81. The van der Waals surface area contributed by atoms with Gasteiger partial charge >= 0.3 is 0 Å². The lowest BCUT2D eigenvalue weighted by Crippen LogP contribution is -2.28. The Hall–Kier alpha value is -3.40. The van der Waals surface area contributed by atoms with E-state index in [4.69, 9.17) is 4.74 Å². The molecule has 0 aromatic heterocycles. The van der Waals surface area contributed by atoms with Gasteiger partial charge in [0.1, 0.15) is 18.0 Å². The Morgan fingerprint density at radius 3 is 1.89 bits per heavy atom. The van der Waals surface area contributed by atoms with Crippen molar-refractivity contribution in [3.05, 3.63) is 125 Å². The van der Waals surface area contributed by atoms with Gasteiger partial charge in [-0.3, -0.25) is 0 Å². The highest BCUT2D eigenvalue weighted by Crippen LogP contribution is 2.36. The Morgan fingerprint density at radius 2 is 1.29 bits per heavy atom. The molecule has 1 N–H and O–H groups in total. The van der Waals surface area contributed by atoms with E-state index in [1.54, 1.807) is 0 Å². The summed E-state index contributed by atoms with van der Waals surface area (Å²) in [5, 5.41) is 12.2. The third-order valence-electron chi connectivity index (χ3n) is 7.50. The molecule has 0 spiro atoms. The van der Waals surface area contributed by atoms with E-state index in [2.05, 4.69) is 98.5 Å². The second kappa shape index (κ2) is 13.4. The van der Waals surface area contributed by atoms with E-state index in [0.717, 1.165) is 54.9 Å². The van der Waals surface area contributed by atoms with Crippen molar-refractivity contribution >= 4 is 0 Å². The Balaban J connectivity index is 1.53. The van der Waals surface area contributed by atoms with Gasteiger partial charge in [-0.15, -0.1) is 0 Å². The predicted molar refractivity (Wildman–Crippen MR) is 159 cm³/mol. The highest BCUT2D eigenvalue weighted by atomic mass is 16.5. The number of nitrogens with zero attached hydrogens (tertiary/aromatic N) is 1. The highest BCUT2D eigenvalue weighted by Gasteiger charge is 2.31. The van der Waals surface area contributed by atoms with E-state index in [-0.39, 0.29) is 0 Å². The SMILES string of the molecule is CCN(CC)CCOc1ccc(C(O)(CCCc2ccc(C)cc2)c2ccc(-c3ccccc3)cc2)cc1. The van der Waals surface area contributed by atoms with Crippen LogP contribution in [0, 0.1) is 6.92 Å². The molecule has 0 radical (unpaired) electrons. The largest absolute Gasteiger partial charge is 0.492 e. The standard InChI is InChI=1S/C35H41NO2/c1-4-36(5-2)26-27-38-34-23-21-33(22-24-34)35(37,25-9-10-29-15-13-28(3)14-16-29)32-19-17-31(18-20-32)30-11-7-6-8-12-30/h6-8,11-24,37H,4-5,9-10,25-27H2,1-3H3. The van der Waals surface area contributed by atoms with E-state index >= 15 is 0 Å². The molecular formula is C35H41NO2. The molecule has 0 saturated carbocycles. The first-order valence-corrected chi connectivity index (χ1v) is 13.9. The van der Waals surface area contributed by atoms with Gasteiger partial charge in [-0.25, -0.2) is 0 Å². The number of hydrogen-bond acceptors (Lipinski definition) is 3. The molecule has 0 aliphatic heterocycles. The van der Waals surface area contributed by atoms with E-state index in [9.17, 15) is 5.11 Å². The smallest absolute Gasteiger partial charge is 0.119 e. The van der Waals surface area contributed by atoms with Gasteiger partial charge in [0.25, 0.3) is 0 Å². The minimum atomic E-state index is -1.08. The Labute approximate surface area is 228 Å². The number of hydrogen-bond donors (Lipinski definition) is 1. The van der Waals surface area contributed by atoms with Crippen molar-refractivity contribution in [1.29, 1.82) is 0 Å². The predicted octanol–water partition coefficient (Wildman–Crippen LogP) is 7.64. The van der Waals surface area contributed by atoms with Gasteiger partial charge in [0.2, 0.25) is 0 Å². The van der Waals surface area contributed by atoms with Crippen molar-refractivity contribution in [2.24, 2.45) is 0 Å². The summed E-state index contributed by atoms with van der Waals surface area (Å²) >= 11 is 0. The number of rotatable bonds is 13. The first-order valence-electron chi connectivity index (χ1n) is 13.9. The summed E-state index contributed by atoms with van der Waals surface area (Å²) < 4.78 is 6.00. The molecule has 0 heterocycles. The van der Waals surface area contributed by atoms with Crippen LogP contribution in [0.3, 0.4) is 0 Å². The fraction of sp³-hybridized carbons (Fsp3) is 0.314. The first-order chi connectivity index (χ1) is 18.5. The van der Waals surface area contributed by atoms with Crippen molar-refractivity contribution in [3.8, 4) is 16.9 Å². The van der Waals surface area contributed by atoms with Crippen LogP contribution in [0.25, 0.3) is 11.1 Å². The monoisotopic (exact) mass is 507 g/mol. The van der Waals surface area contributed by atoms with Gasteiger partial charge in [0, 0.05) is 6.54 Å². The van der Waals surface area contributed by atoms with Crippen LogP contribution >= 0.6 is 0 Å².